The second kappa shape index (κ2) is 12.9. The quantitative estimate of drug-likeness (QED) is 0.202. The highest BCUT2D eigenvalue weighted by atomic mass is 127. The lowest BCUT2D eigenvalue weighted by molar-refractivity contribution is -0.123. The Bertz CT molecular complexity index is 660. The summed E-state index contributed by atoms with van der Waals surface area (Å²) in [6.45, 7) is 4.70. The van der Waals surface area contributed by atoms with Crippen LogP contribution >= 0.6 is 35.3 Å². The molecule has 1 saturated carbocycles. The summed E-state index contributed by atoms with van der Waals surface area (Å²) >= 11 is 1.89. The van der Waals surface area contributed by atoms with E-state index in [2.05, 4.69) is 38.0 Å². The summed E-state index contributed by atoms with van der Waals surface area (Å²) in [6.07, 6.45) is 9.53. The van der Waals surface area contributed by atoms with E-state index >= 15 is 0 Å². The molecule has 1 aromatic heterocycles. The van der Waals surface area contributed by atoms with Crippen LogP contribution in [0.3, 0.4) is 0 Å². The van der Waals surface area contributed by atoms with E-state index in [1.165, 1.54) is 37.0 Å². The zero-order valence-corrected chi connectivity index (χ0v) is 21.3. The van der Waals surface area contributed by atoms with Crippen LogP contribution in [0.4, 0.5) is 0 Å². The Hall–Kier alpha value is -0.870. The number of rotatable bonds is 8. The van der Waals surface area contributed by atoms with E-state index < -0.39 is 0 Å². The molecule has 0 aromatic carbocycles. The Morgan fingerprint density at radius 3 is 2.77 bits per heavy atom. The van der Waals surface area contributed by atoms with Crippen molar-refractivity contribution in [2.75, 3.05) is 39.8 Å². The highest BCUT2D eigenvalue weighted by molar-refractivity contribution is 14.0. The van der Waals surface area contributed by atoms with Gasteiger partial charge in [0.2, 0.25) is 5.91 Å². The molecule has 3 rings (SSSR count). The van der Waals surface area contributed by atoms with Crippen LogP contribution in [0.15, 0.2) is 22.5 Å². The number of likely N-dealkylation sites (tertiary alicyclic amines) is 1. The molecule has 2 aliphatic rings. The minimum Gasteiger partial charge on any atom is -0.369 e. The van der Waals surface area contributed by atoms with Gasteiger partial charge < -0.3 is 21.3 Å². The standard InChI is InChI=1S/C22H37N5OS.HI/c1-24-21(25-12-7-14-27-13-5-8-18(16-27)20(23)28)26-17-22(10-3-2-4-11-22)19-9-6-15-29-19;/h6,9,15,18H,2-5,7-8,10-14,16-17H2,1H3,(H2,23,28)(H2,24,25,26);1H. The number of carbonyl (C=O) groups is 1. The van der Waals surface area contributed by atoms with E-state index in [-0.39, 0.29) is 41.2 Å². The fourth-order valence-corrected chi connectivity index (χ4v) is 5.78. The summed E-state index contributed by atoms with van der Waals surface area (Å²) in [5.74, 6) is 0.759. The number of primary amides is 1. The third kappa shape index (κ3) is 7.09. The lowest BCUT2D eigenvalue weighted by atomic mass is 9.73. The number of piperidine rings is 1. The number of hydrogen-bond donors (Lipinski definition) is 3. The Balaban J connectivity index is 0.00000320. The number of hydrogen-bond acceptors (Lipinski definition) is 4. The fraction of sp³-hybridized carbons (Fsp3) is 0.727. The molecule has 2 heterocycles. The SMILES string of the molecule is CN=C(NCCCN1CCCC(C(N)=O)C1)NCC1(c2cccs2)CCCCC1.I. The first-order chi connectivity index (χ1) is 14.1. The zero-order chi connectivity index (χ0) is 20.5. The normalized spacial score (nSPS) is 22.2. The molecular formula is C22H38IN5OS. The number of nitrogens with zero attached hydrogens (tertiary/aromatic N) is 2. The second-order valence-corrected chi connectivity index (χ2v) is 9.51. The van der Waals surface area contributed by atoms with Crippen LogP contribution in [0.5, 0.6) is 0 Å². The minimum absolute atomic E-state index is 0. The van der Waals surface area contributed by atoms with E-state index in [9.17, 15) is 4.79 Å². The Kier molecular flexibility index (Phi) is 10.9. The molecule has 0 bridgehead atoms. The molecule has 2 fully saturated rings. The smallest absolute Gasteiger partial charge is 0.221 e. The van der Waals surface area contributed by atoms with Crippen molar-refractivity contribution < 1.29 is 4.79 Å². The molecular weight excluding hydrogens is 509 g/mol. The molecule has 170 valence electrons. The third-order valence-electron chi connectivity index (χ3n) is 6.52. The summed E-state index contributed by atoms with van der Waals surface area (Å²) in [5.41, 5.74) is 5.73. The number of guanidine groups is 1. The van der Waals surface area contributed by atoms with Crippen molar-refractivity contribution in [3.05, 3.63) is 22.4 Å². The summed E-state index contributed by atoms with van der Waals surface area (Å²) in [7, 11) is 1.84. The maximum absolute atomic E-state index is 11.4. The van der Waals surface area contributed by atoms with Crippen LogP contribution < -0.4 is 16.4 Å². The van der Waals surface area contributed by atoms with Crippen molar-refractivity contribution in [1.29, 1.82) is 0 Å². The van der Waals surface area contributed by atoms with E-state index in [1.807, 2.05) is 18.4 Å². The average Bonchev–Trinajstić information content (AvgIpc) is 3.30. The predicted molar refractivity (Wildman–Crippen MR) is 137 cm³/mol. The van der Waals surface area contributed by atoms with E-state index in [1.54, 1.807) is 0 Å². The van der Waals surface area contributed by atoms with Gasteiger partial charge in [0.15, 0.2) is 5.96 Å². The minimum atomic E-state index is -0.153. The van der Waals surface area contributed by atoms with Crippen LogP contribution in [0.25, 0.3) is 0 Å². The van der Waals surface area contributed by atoms with Gasteiger partial charge in [-0.05, 0) is 56.6 Å². The van der Waals surface area contributed by atoms with Gasteiger partial charge in [-0.2, -0.15) is 0 Å². The molecule has 4 N–H and O–H groups in total. The average molecular weight is 548 g/mol. The Morgan fingerprint density at radius 1 is 1.30 bits per heavy atom. The molecule has 1 aliphatic heterocycles. The topological polar surface area (TPSA) is 82.8 Å². The monoisotopic (exact) mass is 547 g/mol. The van der Waals surface area contributed by atoms with Crippen LogP contribution in [0.1, 0.15) is 56.2 Å². The third-order valence-corrected chi connectivity index (χ3v) is 7.64. The molecule has 1 atom stereocenters. The van der Waals surface area contributed by atoms with Gasteiger partial charge >= 0.3 is 0 Å². The van der Waals surface area contributed by atoms with Crippen LogP contribution in [-0.4, -0.2) is 56.5 Å². The first-order valence-electron chi connectivity index (χ1n) is 11.1. The Labute approximate surface area is 202 Å². The van der Waals surface area contributed by atoms with Crippen molar-refractivity contribution >= 4 is 47.2 Å². The molecule has 1 aromatic rings. The summed E-state index contributed by atoms with van der Waals surface area (Å²) in [6, 6.07) is 4.47. The number of nitrogens with two attached hydrogens (primary N) is 1. The first-order valence-corrected chi connectivity index (χ1v) is 12.0. The van der Waals surface area contributed by atoms with Crippen molar-refractivity contribution in [2.24, 2.45) is 16.6 Å². The summed E-state index contributed by atoms with van der Waals surface area (Å²) in [5, 5.41) is 9.27. The van der Waals surface area contributed by atoms with Gasteiger partial charge in [-0.15, -0.1) is 35.3 Å². The predicted octanol–water partition coefficient (Wildman–Crippen LogP) is 3.32. The lowest BCUT2D eigenvalue weighted by Gasteiger charge is -2.37. The molecule has 6 nitrogen and oxygen atoms in total. The molecule has 1 amide bonds. The largest absolute Gasteiger partial charge is 0.369 e. The van der Waals surface area contributed by atoms with Gasteiger partial charge in [0.05, 0.1) is 5.92 Å². The van der Waals surface area contributed by atoms with E-state index in [0.717, 1.165) is 57.9 Å². The molecule has 0 spiro atoms. The van der Waals surface area contributed by atoms with Gasteiger partial charge in [0.1, 0.15) is 0 Å². The van der Waals surface area contributed by atoms with Gasteiger partial charge in [0, 0.05) is 37.0 Å². The number of aliphatic imine (C=N–C) groups is 1. The maximum atomic E-state index is 11.4. The number of amides is 1. The van der Waals surface area contributed by atoms with Gasteiger partial charge in [-0.3, -0.25) is 9.79 Å². The van der Waals surface area contributed by atoms with Crippen molar-refractivity contribution in [1.82, 2.24) is 15.5 Å². The molecule has 8 heteroatoms. The highest BCUT2D eigenvalue weighted by Gasteiger charge is 2.34. The maximum Gasteiger partial charge on any atom is 0.221 e. The fourth-order valence-electron chi connectivity index (χ4n) is 4.79. The number of nitrogens with one attached hydrogen (secondary N) is 2. The van der Waals surface area contributed by atoms with Crippen LogP contribution in [0, 0.1) is 5.92 Å². The van der Waals surface area contributed by atoms with E-state index in [0.29, 0.717) is 0 Å². The molecule has 0 radical (unpaired) electrons. The number of carbonyl (C=O) groups excluding carboxylic acids is 1. The first kappa shape index (κ1) is 25.4. The lowest BCUT2D eigenvalue weighted by Crippen LogP contribution is -2.47. The molecule has 1 aliphatic carbocycles. The van der Waals surface area contributed by atoms with Gasteiger partial charge in [-0.25, -0.2) is 0 Å². The highest BCUT2D eigenvalue weighted by Crippen LogP contribution is 2.41. The van der Waals surface area contributed by atoms with Crippen LogP contribution in [0.2, 0.25) is 0 Å². The molecule has 1 unspecified atom stereocenters. The molecule has 30 heavy (non-hydrogen) atoms. The van der Waals surface area contributed by atoms with Gasteiger partial charge in [0.25, 0.3) is 0 Å². The summed E-state index contributed by atoms with van der Waals surface area (Å²) in [4.78, 5) is 19.7. The number of halogens is 1. The van der Waals surface area contributed by atoms with Crippen molar-refractivity contribution in [3.63, 3.8) is 0 Å². The van der Waals surface area contributed by atoms with Gasteiger partial charge in [-0.1, -0.05) is 25.3 Å². The zero-order valence-electron chi connectivity index (χ0n) is 18.2. The van der Waals surface area contributed by atoms with Crippen molar-refractivity contribution in [2.45, 2.75) is 56.8 Å². The number of thiophene rings is 1. The van der Waals surface area contributed by atoms with Crippen LogP contribution in [-0.2, 0) is 10.2 Å². The molecule has 1 saturated heterocycles. The van der Waals surface area contributed by atoms with E-state index in [4.69, 9.17) is 5.73 Å². The Morgan fingerprint density at radius 2 is 2.10 bits per heavy atom. The summed E-state index contributed by atoms with van der Waals surface area (Å²) < 4.78 is 0. The van der Waals surface area contributed by atoms with Crippen molar-refractivity contribution in [3.8, 4) is 0 Å². The second-order valence-electron chi connectivity index (χ2n) is 8.57.